The van der Waals surface area contributed by atoms with Crippen LogP contribution in [0.3, 0.4) is 0 Å². The molecule has 4 rings (SSSR count). The minimum absolute atomic E-state index is 0.175. The molecule has 2 bridgehead atoms. The van der Waals surface area contributed by atoms with Crippen molar-refractivity contribution >= 4 is 23.2 Å². The van der Waals surface area contributed by atoms with Gasteiger partial charge in [-0.1, -0.05) is 6.42 Å². The lowest BCUT2D eigenvalue weighted by molar-refractivity contribution is -0.142. The van der Waals surface area contributed by atoms with Crippen LogP contribution < -0.4 is 5.32 Å². The summed E-state index contributed by atoms with van der Waals surface area (Å²) in [5.41, 5.74) is 0. The number of hydrogen-bond donors (Lipinski definition) is 1. The minimum Gasteiger partial charge on any atom is -0.368 e. The van der Waals surface area contributed by atoms with Crippen LogP contribution in [0.25, 0.3) is 0 Å². The van der Waals surface area contributed by atoms with Gasteiger partial charge in [-0.3, -0.25) is 4.79 Å². The Bertz CT molecular complexity index is 472. The van der Waals surface area contributed by atoms with E-state index in [1.54, 1.807) is 0 Å². The van der Waals surface area contributed by atoms with E-state index in [0.717, 1.165) is 62.6 Å². The van der Waals surface area contributed by atoms with E-state index in [1.807, 2.05) is 4.90 Å². The van der Waals surface area contributed by atoms with Gasteiger partial charge in [0.1, 0.15) is 6.10 Å². The molecule has 23 heavy (non-hydrogen) atoms. The number of ether oxygens (including phenoxy) is 1. The Balaban J connectivity index is 1.24. The predicted octanol–water partition coefficient (Wildman–Crippen LogP) is 1.37. The van der Waals surface area contributed by atoms with Crippen molar-refractivity contribution in [1.29, 1.82) is 0 Å². The second-order valence-corrected chi connectivity index (χ2v) is 7.93. The Kier molecular flexibility index (Phi) is 4.46. The highest BCUT2D eigenvalue weighted by atomic mass is 32.1. The fourth-order valence-electron chi connectivity index (χ4n) is 4.78. The summed E-state index contributed by atoms with van der Waals surface area (Å²) in [5.74, 6) is 1.94. The molecule has 2 aliphatic heterocycles. The Hall–Kier alpha value is -0.880. The Morgan fingerprint density at radius 3 is 2.43 bits per heavy atom. The molecule has 2 aliphatic carbocycles. The number of rotatable bonds is 2. The lowest BCUT2D eigenvalue weighted by Crippen LogP contribution is -2.56. The van der Waals surface area contributed by atoms with E-state index in [1.165, 1.54) is 25.7 Å². The van der Waals surface area contributed by atoms with Gasteiger partial charge in [-0.2, -0.15) is 0 Å². The standard InChI is InChI=1S/C17H27N3O2S/c21-16(15-2-1-9-22-15)19-5-7-20(8-6-19)17(23)18-14-11-12-3-4-13(14)10-12/h12-15H,1-11H2,(H,18,23)/t12-,13-,14+,15+/m0/s1. The van der Waals surface area contributed by atoms with E-state index in [-0.39, 0.29) is 12.0 Å². The number of carbonyl (C=O) groups excluding carboxylic acids is 1. The summed E-state index contributed by atoms with van der Waals surface area (Å²) in [6, 6.07) is 0.591. The van der Waals surface area contributed by atoms with Gasteiger partial charge in [-0.05, 0) is 56.2 Å². The maximum absolute atomic E-state index is 12.4. The van der Waals surface area contributed by atoms with Crippen molar-refractivity contribution in [1.82, 2.24) is 15.1 Å². The lowest BCUT2D eigenvalue weighted by atomic mass is 9.95. The molecular formula is C17H27N3O2S. The summed E-state index contributed by atoms with van der Waals surface area (Å²) >= 11 is 5.62. The number of fused-ring (bicyclic) bond motifs is 2. The molecule has 4 aliphatic rings. The molecule has 1 amide bonds. The maximum atomic E-state index is 12.4. The molecule has 2 saturated carbocycles. The smallest absolute Gasteiger partial charge is 0.251 e. The Labute approximate surface area is 143 Å². The average molecular weight is 337 g/mol. The largest absolute Gasteiger partial charge is 0.368 e. The number of piperazine rings is 1. The van der Waals surface area contributed by atoms with Crippen LogP contribution in [0.5, 0.6) is 0 Å². The maximum Gasteiger partial charge on any atom is 0.251 e. The second kappa shape index (κ2) is 6.55. The van der Waals surface area contributed by atoms with Gasteiger partial charge in [0.05, 0.1) is 0 Å². The lowest BCUT2D eigenvalue weighted by Gasteiger charge is -2.38. The number of nitrogens with one attached hydrogen (secondary N) is 1. The molecule has 0 aromatic rings. The highest BCUT2D eigenvalue weighted by Gasteiger charge is 2.40. The Morgan fingerprint density at radius 2 is 1.83 bits per heavy atom. The van der Waals surface area contributed by atoms with Gasteiger partial charge in [0.25, 0.3) is 5.91 Å². The first-order valence-corrected chi connectivity index (χ1v) is 9.57. The summed E-state index contributed by atoms with van der Waals surface area (Å²) in [6.07, 6.45) is 7.16. The van der Waals surface area contributed by atoms with Gasteiger partial charge in [-0.25, -0.2) is 0 Å². The zero-order valence-corrected chi connectivity index (χ0v) is 14.5. The number of hydrogen-bond acceptors (Lipinski definition) is 3. The van der Waals surface area contributed by atoms with Crippen molar-refractivity contribution in [3.63, 3.8) is 0 Å². The van der Waals surface area contributed by atoms with Crippen molar-refractivity contribution in [2.24, 2.45) is 11.8 Å². The highest BCUT2D eigenvalue weighted by Crippen LogP contribution is 2.44. The number of carbonyl (C=O) groups is 1. The molecule has 0 spiro atoms. The summed E-state index contributed by atoms with van der Waals surface area (Å²) in [5, 5.41) is 4.50. The third-order valence-electron chi connectivity index (χ3n) is 6.13. The SMILES string of the molecule is O=C([C@H]1CCCO1)N1CCN(C(=S)N[C@@H]2C[C@H]3CC[C@H]2C3)CC1. The van der Waals surface area contributed by atoms with Crippen molar-refractivity contribution in [3.05, 3.63) is 0 Å². The van der Waals surface area contributed by atoms with Gasteiger partial charge < -0.3 is 19.9 Å². The molecule has 2 saturated heterocycles. The van der Waals surface area contributed by atoms with Crippen molar-refractivity contribution < 1.29 is 9.53 Å². The van der Waals surface area contributed by atoms with Crippen molar-refractivity contribution in [2.75, 3.05) is 32.8 Å². The third-order valence-corrected chi connectivity index (χ3v) is 6.51. The van der Waals surface area contributed by atoms with E-state index >= 15 is 0 Å². The van der Waals surface area contributed by atoms with Crippen LogP contribution in [0.4, 0.5) is 0 Å². The predicted molar refractivity (Wildman–Crippen MR) is 92.1 cm³/mol. The van der Waals surface area contributed by atoms with Crippen molar-refractivity contribution in [3.8, 4) is 0 Å². The van der Waals surface area contributed by atoms with Crippen LogP contribution in [-0.2, 0) is 9.53 Å². The van der Waals surface area contributed by atoms with Gasteiger partial charge in [0, 0.05) is 38.8 Å². The fraction of sp³-hybridized carbons (Fsp3) is 0.882. The first kappa shape index (κ1) is 15.6. The van der Waals surface area contributed by atoms with Gasteiger partial charge in [-0.15, -0.1) is 0 Å². The van der Waals surface area contributed by atoms with Crippen LogP contribution in [0.15, 0.2) is 0 Å². The van der Waals surface area contributed by atoms with Gasteiger partial charge >= 0.3 is 0 Å². The number of thiocarbonyl (C=S) groups is 1. The molecule has 2 heterocycles. The molecular weight excluding hydrogens is 310 g/mol. The molecule has 128 valence electrons. The van der Waals surface area contributed by atoms with Crippen LogP contribution in [0, 0.1) is 11.8 Å². The first-order chi connectivity index (χ1) is 11.2. The van der Waals surface area contributed by atoms with Crippen LogP contribution in [-0.4, -0.2) is 65.8 Å². The summed E-state index contributed by atoms with van der Waals surface area (Å²) in [7, 11) is 0. The topological polar surface area (TPSA) is 44.8 Å². The van der Waals surface area contributed by atoms with Gasteiger partial charge in [0.2, 0.25) is 0 Å². The monoisotopic (exact) mass is 337 g/mol. The molecule has 5 nitrogen and oxygen atoms in total. The van der Waals surface area contributed by atoms with E-state index < -0.39 is 0 Å². The van der Waals surface area contributed by atoms with E-state index in [2.05, 4.69) is 10.2 Å². The molecule has 0 aromatic heterocycles. The Morgan fingerprint density at radius 1 is 1.04 bits per heavy atom. The van der Waals surface area contributed by atoms with Crippen LogP contribution in [0.1, 0.15) is 38.5 Å². The van der Waals surface area contributed by atoms with Gasteiger partial charge in [0.15, 0.2) is 5.11 Å². The third kappa shape index (κ3) is 3.20. The average Bonchev–Trinajstić information content (AvgIpc) is 3.32. The summed E-state index contributed by atoms with van der Waals surface area (Å²) in [6.45, 7) is 3.93. The van der Waals surface area contributed by atoms with E-state index in [0.29, 0.717) is 6.04 Å². The molecule has 4 fully saturated rings. The quantitative estimate of drug-likeness (QED) is 0.771. The first-order valence-electron chi connectivity index (χ1n) is 9.16. The van der Waals surface area contributed by atoms with Crippen molar-refractivity contribution in [2.45, 2.75) is 50.7 Å². The zero-order chi connectivity index (χ0) is 15.8. The molecule has 0 unspecified atom stereocenters. The number of nitrogens with zero attached hydrogens (tertiary/aromatic N) is 2. The second-order valence-electron chi connectivity index (χ2n) is 7.54. The van der Waals surface area contributed by atoms with Crippen LogP contribution in [0.2, 0.25) is 0 Å². The zero-order valence-electron chi connectivity index (χ0n) is 13.7. The summed E-state index contributed by atoms with van der Waals surface area (Å²) in [4.78, 5) is 16.6. The fourth-order valence-corrected chi connectivity index (χ4v) is 5.11. The van der Waals surface area contributed by atoms with E-state index in [4.69, 9.17) is 17.0 Å². The summed E-state index contributed by atoms with van der Waals surface area (Å²) < 4.78 is 5.52. The molecule has 1 N–H and O–H groups in total. The molecule has 0 radical (unpaired) electrons. The van der Waals surface area contributed by atoms with E-state index in [9.17, 15) is 4.79 Å². The molecule has 6 heteroatoms. The molecule has 0 aromatic carbocycles. The number of amides is 1. The normalized spacial score (nSPS) is 36.5. The minimum atomic E-state index is -0.194. The highest BCUT2D eigenvalue weighted by molar-refractivity contribution is 7.80. The van der Waals surface area contributed by atoms with Crippen LogP contribution >= 0.6 is 12.2 Å². The molecule has 4 atom stereocenters.